The van der Waals surface area contributed by atoms with E-state index in [9.17, 15) is 29.4 Å². The van der Waals surface area contributed by atoms with Crippen molar-refractivity contribution in [2.45, 2.75) is 58.7 Å². The summed E-state index contributed by atoms with van der Waals surface area (Å²) < 4.78 is 10.0. The molecule has 11 nitrogen and oxygen atoms in total. The van der Waals surface area contributed by atoms with Gasteiger partial charge in [0.25, 0.3) is 0 Å². The number of carbonyl (C=O) groups is 4. The maximum Gasteiger partial charge on any atom is 0.408 e. The number of aromatic hydroxyl groups is 1. The van der Waals surface area contributed by atoms with Gasteiger partial charge in [-0.3, -0.25) is 14.4 Å². The lowest BCUT2D eigenvalue weighted by molar-refractivity contribution is -0.144. The van der Waals surface area contributed by atoms with Gasteiger partial charge in [-0.15, -0.1) is 6.58 Å². The highest BCUT2D eigenvalue weighted by Gasteiger charge is 2.35. The first-order valence-corrected chi connectivity index (χ1v) is 11.6. The van der Waals surface area contributed by atoms with Gasteiger partial charge < -0.3 is 35.2 Å². The van der Waals surface area contributed by atoms with Crippen molar-refractivity contribution in [3.63, 3.8) is 0 Å². The van der Waals surface area contributed by atoms with Crippen LogP contribution in [0.2, 0.25) is 0 Å². The summed E-state index contributed by atoms with van der Waals surface area (Å²) in [5.74, 6) is -1.87. The summed E-state index contributed by atoms with van der Waals surface area (Å²) >= 11 is 0. The van der Waals surface area contributed by atoms with Crippen molar-refractivity contribution in [1.82, 2.24) is 15.5 Å². The zero-order valence-corrected chi connectivity index (χ0v) is 21.5. The lowest BCUT2D eigenvalue weighted by Crippen LogP contribution is -2.54. The summed E-state index contributed by atoms with van der Waals surface area (Å²) in [6, 6.07) is 1.78. The third-order valence-electron chi connectivity index (χ3n) is 4.81. The van der Waals surface area contributed by atoms with Gasteiger partial charge in [0, 0.05) is 13.1 Å². The molecule has 0 aromatic heterocycles. The maximum absolute atomic E-state index is 13.4. The number of aliphatic hydroxyl groups is 1. The van der Waals surface area contributed by atoms with E-state index in [1.54, 1.807) is 40.7 Å². The van der Waals surface area contributed by atoms with E-state index in [0.717, 1.165) is 4.90 Å². The summed E-state index contributed by atoms with van der Waals surface area (Å²) in [4.78, 5) is 51.8. The lowest BCUT2D eigenvalue weighted by atomic mass is 10.00. The number of phenols is 1. The summed E-state index contributed by atoms with van der Waals surface area (Å²) in [6.07, 6.45) is 0.409. The predicted molar refractivity (Wildman–Crippen MR) is 132 cm³/mol. The summed E-state index contributed by atoms with van der Waals surface area (Å²) in [5, 5.41) is 24.8. The Hall–Kier alpha value is -3.60. The van der Waals surface area contributed by atoms with Crippen molar-refractivity contribution in [3.8, 4) is 5.75 Å². The molecule has 0 heterocycles. The van der Waals surface area contributed by atoms with Gasteiger partial charge in [-0.2, -0.15) is 0 Å². The van der Waals surface area contributed by atoms with Crippen LogP contribution in [0.4, 0.5) is 4.79 Å². The molecule has 36 heavy (non-hydrogen) atoms. The zero-order valence-electron chi connectivity index (χ0n) is 21.5. The minimum Gasteiger partial charge on any atom is -0.508 e. The third-order valence-corrected chi connectivity index (χ3v) is 4.81. The van der Waals surface area contributed by atoms with E-state index in [0.29, 0.717) is 11.1 Å². The molecule has 0 bridgehead atoms. The van der Waals surface area contributed by atoms with Crippen LogP contribution in [0.15, 0.2) is 30.9 Å². The largest absolute Gasteiger partial charge is 0.508 e. The second-order valence-electron chi connectivity index (χ2n) is 8.96. The van der Waals surface area contributed by atoms with Gasteiger partial charge in [-0.05, 0) is 57.9 Å². The summed E-state index contributed by atoms with van der Waals surface area (Å²) in [7, 11) is 0. The fourth-order valence-corrected chi connectivity index (χ4v) is 3.24. The van der Waals surface area contributed by atoms with Crippen molar-refractivity contribution in [2.24, 2.45) is 0 Å². The zero-order chi connectivity index (χ0) is 27.5. The Balaban J connectivity index is 3.30. The number of esters is 1. The molecule has 2 atom stereocenters. The van der Waals surface area contributed by atoms with E-state index in [-0.39, 0.29) is 31.9 Å². The average Bonchev–Trinajstić information content (AvgIpc) is 2.78. The standard InChI is InChI=1S/C25H37N3O8/c1-7-13-28(23(33)18(15-29)27-24(34)36-25(4,5)6)21(17-9-10-19(30)16(3)14-17)22(32)26-12-11-20(31)35-8-2/h7,9-10,14,18,21,29-30H,1,8,11-13,15H2,2-6H3,(H,26,32)(H,27,34). The molecule has 0 radical (unpaired) electrons. The van der Waals surface area contributed by atoms with E-state index in [1.807, 2.05) is 0 Å². The number of aliphatic hydroxyl groups excluding tert-OH is 1. The summed E-state index contributed by atoms with van der Waals surface area (Å²) in [6.45, 7) is 11.2. The molecule has 2 unspecified atom stereocenters. The highest BCUT2D eigenvalue weighted by atomic mass is 16.6. The Morgan fingerprint density at radius 1 is 1.22 bits per heavy atom. The van der Waals surface area contributed by atoms with Crippen molar-refractivity contribution in [2.75, 3.05) is 26.3 Å². The molecule has 200 valence electrons. The molecule has 0 saturated carbocycles. The maximum atomic E-state index is 13.4. The molecule has 0 aliphatic carbocycles. The van der Waals surface area contributed by atoms with Crippen molar-refractivity contribution in [1.29, 1.82) is 0 Å². The van der Waals surface area contributed by atoms with Gasteiger partial charge >= 0.3 is 12.1 Å². The summed E-state index contributed by atoms with van der Waals surface area (Å²) in [5.41, 5.74) is -0.00437. The molecule has 4 N–H and O–H groups in total. The minimum absolute atomic E-state index is 0.00152. The number of phenolic OH excluding ortho intramolecular Hbond substituents is 1. The number of alkyl carbamates (subject to hydrolysis) is 1. The molecule has 11 heteroatoms. The van der Waals surface area contributed by atoms with Crippen LogP contribution in [0.1, 0.15) is 51.3 Å². The first kappa shape index (κ1) is 30.4. The molecule has 3 amide bonds. The molecule has 0 aliphatic rings. The Morgan fingerprint density at radius 2 is 1.89 bits per heavy atom. The van der Waals surface area contributed by atoms with Crippen molar-refractivity contribution in [3.05, 3.63) is 42.0 Å². The van der Waals surface area contributed by atoms with Gasteiger partial charge in [0.15, 0.2) is 0 Å². The smallest absolute Gasteiger partial charge is 0.408 e. The number of hydrogen-bond acceptors (Lipinski definition) is 8. The predicted octanol–water partition coefficient (Wildman–Crippen LogP) is 1.71. The number of benzene rings is 1. The Bertz CT molecular complexity index is 942. The number of aryl methyl sites for hydroxylation is 1. The number of nitrogens with one attached hydrogen (secondary N) is 2. The van der Waals surface area contributed by atoms with E-state index in [4.69, 9.17) is 9.47 Å². The van der Waals surface area contributed by atoms with Crippen molar-refractivity contribution < 1.29 is 38.9 Å². The van der Waals surface area contributed by atoms with Gasteiger partial charge in [-0.1, -0.05) is 12.1 Å². The monoisotopic (exact) mass is 507 g/mol. The SMILES string of the molecule is C=CCN(C(=O)C(CO)NC(=O)OC(C)(C)C)C(C(=O)NCCC(=O)OCC)c1ccc(O)c(C)c1. The minimum atomic E-state index is -1.41. The average molecular weight is 508 g/mol. The van der Waals surface area contributed by atoms with Crippen LogP contribution in [-0.2, 0) is 23.9 Å². The first-order chi connectivity index (χ1) is 16.8. The van der Waals surface area contributed by atoms with Gasteiger partial charge in [0.1, 0.15) is 23.4 Å². The van der Waals surface area contributed by atoms with Crippen LogP contribution < -0.4 is 10.6 Å². The molecule has 0 aliphatic heterocycles. The van der Waals surface area contributed by atoms with Crippen molar-refractivity contribution >= 4 is 23.9 Å². The highest BCUT2D eigenvalue weighted by molar-refractivity contribution is 5.92. The molecule has 0 spiro atoms. The fourth-order valence-electron chi connectivity index (χ4n) is 3.24. The normalized spacial score (nSPS) is 12.6. The highest BCUT2D eigenvalue weighted by Crippen LogP contribution is 2.27. The van der Waals surface area contributed by atoms with Gasteiger partial charge in [-0.25, -0.2) is 4.79 Å². The third kappa shape index (κ3) is 9.57. The quantitative estimate of drug-likeness (QED) is 0.246. The first-order valence-electron chi connectivity index (χ1n) is 11.6. The van der Waals surface area contributed by atoms with Gasteiger partial charge in [0.05, 0.1) is 19.6 Å². The Morgan fingerprint density at radius 3 is 2.42 bits per heavy atom. The van der Waals surface area contributed by atoms with Crippen LogP contribution in [0.3, 0.4) is 0 Å². The number of amides is 3. The number of hydrogen-bond donors (Lipinski definition) is 4. The number of ether oxygens (including phenoxy) is 2. The number of rotatable bonds is 12. The van der Waals surface area contributed by atoms with Gasteiger partial charge in [0.2, 0.25) is 11.8 Å². The number of nitrogens with zero attached hydrogens (tertiary/aromatic N) is 1. The van der Waals surface area contributed by atoms with E-state index < -0.39 is 48.2 Å². The molecule has 1 aromatic rings. The second kappa shape index (κ2) is 14.1. The molecular formula is C25H37N3O8. The molecule has 1 rings (SSSR count). The Labute approximate surface area is 211 Å². The topological polar surface area (TPSA) is 154 Å². The van der Waals surface area contributed by atoms with E-state index in [1.165, 1.54) is 18.2 Å². The fraction of sp³-hybridized carbons (Fsp3) is 0.520. The Kier molecular flexibility index (Phi) is 11.9. The number of carbonyl (C=O) groups excluding carboxylic acids is 4. The van der Waals surface area contributed by atoms with Crippen LogP contribution in [0.25, 0.3) is 0 Å². The van der Waals surface area contributed by atoms with Crippen LogP contribution >= 0.6 is 0 Å². The molecule has 0 saturated heterocycles. The van der Waals surface area contributed by atoms with Crippen LogP contribution in [0.5, 0.6) is 5.75 Å². The molecule has 1 aromatic carbocycles. The van der Waals surface area contributed by atoms with E-state index in [2.05, 4.69) is 17.2 Å². The molecule has 0 fully saturated rings. The van der Waals surface area contributed by atoms with Crippen LogP contribution in [0, 0.1) is 6.92 Å². The second-order valence-corrected chi connectivity index (χ2v) is 8.96. The van der Waals surface area contributed by atoms with E-state index >= 15 is 0 Å². The van der Waals surface area contributed by atoms with Crippen LogP contribution in [-0.4, -0.2) is 76.9 Å². The lowest BCUT2D eigenvalue weighted by Gasteiger charge is -2.33. The molecular weight excluding hydrogens is 470 g/mol.